The number of nitrogens with zero attached hydrogens (tertiary/aromatic N) is 2. The summed E-state index contributed by atoms with van der Waals surface area (Å²) in [7, 11) is -2.12. The van der Waals surface area contributed by atoms with Crippen molar-refractivity contribution < 1.29 is 13.2 Å². The van der Waals surface area contributed by atoms with Gasteiger partial charge in [-0.2, -0.15) is 12.7 Å². The number of nitrogens with one attached hydrogen (secondary N) is 2. The van der Waals surface area contributed by atoms with E-state index in [1.165, 1.54) is 7.05 Å². The van der Waals surface area contributed by atoms with Crippen molar-refractivity contribution in [2.24, 2.45) is 0 Å². The van der Waals surface area contributed by atoms with Crippen LogP contribution < -0.4 is 10.0 Å². The van der Waals surface area contributed by atoms with Crippen LogP contribution in [0.15, 0.2) is 0 Å². The van der Waals surface area contributed by atoms with E-state index in [-0.39, 0.29) is 24.9 Å². The highest BCUT2D eigenvalue weighted by molar-refractivity contribution is 7.87. The Kier molecular flexibility index (Phi) is 8.51. The minimum Gasteiger partial charge on any atom is -0.339 e. The van der Waals surface area contributed by atoms with Crippen LogP contribution in [0, 0.1) is 0 Å². The van der Waals surface area contributed by atoms with E-state index in [0.717, 1.165) is 23.8 Å². The average molecular weight is 315 g/mol. The second-order valence-corrected chi connectivity index (χ2v) is 6.15. The Hall–Kier alpha value is -0.410. The lowest BCUT2D eigenvalue weighted by Crippen LogP contribution is -2.51. The Bertz CT molecular complexity index is 371. The highest BCUT2D eigenvalue weighted by Gasteiger charge is 2.23. The zero-order chi connectivity index (χ0) is 13.6. The number of piperazine rings is 1. The van der Waals surface area contributed by atoms with E-state index in [0.29, 0.717) is 19.6 Å². The molecule has 1 saturated heterocycles. The van der Waals surface area contributed by atoms with E-state index in [1.807, 2.05) is 6.92 Å². The van der Waals surface area contributed by atoms with Gasteiger partial charge in [0.15, 0.2) is 0 Å². The third-order valence-electron chi connectivity index (χ3n) is 2.77. The summed E-state index contributed by atoms with van der Waals surface area (Å²) in [5, 5.41) is 3.14. The molecule has 19 heavy (non-hydrogen) atoms. The van der Waals surface area contributed by atoms with Crippen LogP contribution in [0.5, 0.6) is 0 Å². The molecule has 1 fully saturated rings. The highest BCUT2D eigenvalue weighted by atomic mass is 35.5. The molecular formula is C10H23ClN4O3S. The number of carbonyl (C=O) groups excluding carboxylic acids is 1. The second kappa shape index (κ2) is 8.70. The Balaban J connectivity index is 0.00000324. The second-order valence-electron chi connectivity index (χ2n) is 4.29. The first-order chi connectivity index (χ1) is 8.47. The number of rotatable bonds is 6. The minimum absolute atomic E-state index is 0. The largest absolute Gasteiger partial charge is 0.339 e. The molecule has 0 atom stereocenters. The average Bonchev–Trinajstić information content (AvgIpc) is 2.37. The van der Waals surface area contributed by atoms with Crippen molar-refractivity contribution in [3.05, 3.63) is 0 Å². The number of hydrogen-bond acceptors (Lipinski definition) is 4. The van der Waals surface area contributed by atoms with Crippen molar-refractivity contribution in [1.82, 2.24) is 19.2 Å². The van der Waals surface area contributed by atoms with Gasteiger partial charge >= 0.3 is 0 Å². The standard InChI is InChI=1S/C10H22N4O3S.ClH/c1-3-4-12-18(16,17)13(2)9-10(15)14-7-5-11-6-8-14;/h11-12H,3-9H2,1-2H3;1H. The normalized spacial score (nSPS) is 16.3. The van der Waals surface area contributed by atoms with Crippen molar-refractivity contribution in [1.29, 1.82) is 0 Å². The molecule has 0 aromatic carbocycles. The summed E-state index contributed by atoms with van der Waals surface area (Å²) in [4.78, 5) is 13.6. The Labute approximate surface area is 121 Å². The first-order valence-corrected chi connectivity index (χ1v) is 7.61. The zero-order valence-electron chi connectivity index (χ0n) is 11.4. The molecule has 0 aliphatic carbocycles. The fourth-order valence-electron chi connectivity index (χ4n) is 1.63. The maximum absolute atomic E-state index is 11.9. The number of carbonyl (C=O) groups is 1. The quantitative estimate of drug-likeness (QED) is 0.660. The van der Waals surface area contributed by atoms with Gasteiger partial charge in [0.25, 0.3) is 10.2 Å². The predicted molar refractivity (Wildman–Crippen MR) is 76.5 cm³/mol. The molecular weight excluding hydrogens is 292 g/mol. The van der Waals surface area contributed by atoms with E-state index in [1.54, 1.807) is 4.90 Å². The van der Waals surface area contributed by atoms with Gasteiger partial charge in [0.1, 0.15) is 0 Å². The number of amides is 1. The van der Waals surface area contributed by atoms with Crippen LogP contribution in [-0.2, 0) is 15.0 Å². The topological polar surface area (TPSA) is 81.8 Å². The predicted octanol–water partition coefficient (Wildman–Crippen LogP) is -0.984. The Morgan fingerprint density at radius 2 is 1.95 bits per heavy atom. The monoisotopic (exact) mass is 314 g/mol. The van der Waals surface area contributed by atoms with Gasteiger partial charge in [0.05, 0.1) is 6.54 Å². The van der Waals surface area contributed by atoms with Crippen molar-refractivity contribution >= 4 is 28.5 Å². The molecule has 7 nitrogen and oxygen atoms in total. The van der Waals surface area contributed by atoms with Crippen LogP contribution in [0.2, 0.25) is 0 Å². The summed E-state index contributed by atoms with van der Waals surface area (Å²) in [5.41, 5.74) is 0. The fourth-order valence-corrected chi connectivity index (χ4v) is 2.59. The maximum atomic E-state index is 11.9. The van der Waals surface area contributed by atoms with Crippen molar-refractivity contribution in [3.63, 3.8) is 0 Å². The highest BCUT2D eigenvalue weighted by Crippen LogP contribution is 1.99. The fraction of sp³-hybridized carbons (Fsp3) is 0.900. The van der Waals surface area contributed by atoms with Crippen LogP contribution in [0.25, 0.3) is 0 Å². The zero-order valence-corrected chi connectivity index (χ0v) is 13.0. The first kappa shape index (κ1) is 18.6. The van der Waals surface area contributed by atoms with Gasteiger partial charge in [-0.3, -0.25) is 4.79 Å². The van der Waals surface area contributed by atoms with Gasteiger partial charge in [-0.05, 0) is 6.42 Å². The van der Waals surface area contributed by atoms with Gasteiger partial charge in [-0.1, -0.05) is 6.92 Å². The van der Waals surface area contributed by atoms with E-state index >= 15 is 0 Å². The number of halogens is 1. The number of likely N-dealkylation sites (N-methyl/N-ethyl adjacent to an activating group) is 1. The molecule has 1 heterocycles. The lowest BCUT2D eigenvalue weighted by Gasteiger charge is -2.29. The molecule has 1 aliphatic heterocycles. The summed E-state index contributed by atoms with van der Waals surface area (Å²) < 4.78 is 27.0. The van der Waals surface area contributed by atoms with Crippen LogP contribution in [0.4, 0.5) is 0 Å². The first-order valence-electron chi connectivity index (χ1n) is 6.16. The van der Waals surface area contributed by atoms with Crippen LogP contribution in [-0.4, -0.2) is 69.8 Å². The van der Waals surface area contributed by atoms with Gasteiger partial charge < -0.3 is 10.2 Å². The Morgan fingerprint density at radius 1 is 1.37 bits per heavy atom. The van der Waals surface area contributed by atoms with Gasteiger partial charge in [0.2, 0.25) is 5.91 Å². The third kappa shape index (κ3) is 6.05. The summed E-state index contributed by atoms with van der Waals surface area (Å²) in [6, 6.07) is 0. The van der Waals surface area contributed by atoms with Crippen molar-refractivity contribution in [2.45, 2.75) is 13.3 Å². The molecule has 9 heteroatoms. The molecule has 0 aromatic heterocycles. The molecule has 114 valence electrons. The molecule has 0 saturated carbocycles. The summed E-state index contributed by atoms with van der Waals surface area (Å²) in [6.45, 7) is 4.94. The van der Waals surface area contributed by atoms with Gasteiger partial charge in [0, 0.05) is 39.8 Å². The SMILES string of the molecule is CCCNS(=O)(=O)N(C)CC(=O)N1CCNCC1.Cl. The molecule has 0 unspecified atom stereocenters. The molecule has 1 rings (SSSR count). The lowest BCUT2D eigenvalue weighted by atomic mass is 10.3. The van der Waals surface area contributed by atoms with E-state index < -0.39 is 10.2 Å². The number of hydrogen-bond donors (Lipinski definition) is 2. The molecule has 1 aliphatic rings. The van der Waals surface area contributed by atoms with E-state index in [2.05, 4.69) is 10.0 Å². The summed E-state index contributed by atoms with van der Waals surface area (Å²) in [5.74, 6) is -0.152. The molecule has 2 N–H and O–H groups in total. The molecule has 0 radical (unpaired) electrons. The van der Waals surface area contributed by atoms with E-state index in [9.17, 15) is 13.2 Å². The van der Waals surface area contributed by atoms with Crippen LogP contribution >= 0.6 is 12.4 Å². The summed E-state index contributed by atoms with van der Waals surface area (Å²) in [6.07, 6.45) is 0.721. The molecule has 0 aromatic rings. The van der Waals surface area contributed by atoms with Crippen molar-refractivity contribution in [3.8, 4) is 0 Å². The van der Waals surface area contributed by atoms with Crippen molar-refractivity contribution in [2.75, 3.05) is 46.3 Å². The van der Waals surface area contributed by atoms with E-state index in [4.69, 9.17) is 0 Å². The van der Waals surface area contributed by atoms with Gasteiger partial charge in [-0.25, -0.2) is 4.72 Å². The van der Waals surface area contributed by atoms with Gasteiger partial charge in [-0.15, -0.1) is 12.4 Å². The lowest BCUT2D eigenvalue weighted by molar-refractivity contribution is -0.131. The molecule has 0 spiro atoms. The Morgan fingerprint density at radius 3 is 2.47 bits per heavy atom. The minimum atomic E-state index is -3.54. The van der Waals surface area contributed by atoms with Crippen LogP contribution in [0.1, 0.15) is 13.3 Å². The molecule has 0 bridgehead atoms. The third-order valence-corrected chi connectivity index (χ3v) is 4.29. The smallest absolute Gasteiger partial charge is 0.279 e. The van der Waals surface area contributed by atoms with Crippen LogP contribution in [0.3, 0.4) is 0 Å². The summed E-state index contributed by atoms with van der Waals surface area (Å²) >= 11 is 0. The maximum Gasteiger partial charge on any atom is 0.279 e. The molecule has 1 amide bonds.